The van der Waals surface area contributed by atoms with Crippen molar-refractivity contribution in [2.45, 2.75) is 26.3 Å². The summed E-state index contributed by atoms with van der Waals surface area (Å²) in [5, 5.41) is 8.93. The van der Waals surface area contributed by atoms with E-state index in [9.17, 15) is 4.79 Å². The van der Waals surface area contributed by atoms with E-state index in [-0.39, 0.29) is 11.8 Å². The van der Waals surface area contributed by atoms with Gasteiger partial charge < -0.3 is 10.6 Å². The molecule has 2 aromatic rings. The van der Waals surface area contributed by atoms with E-state index in [0.717, 1.165) is 29.7 Å². The van der Waals surface area contributed by atoms with Crippen LogP contribution in [0.4, 0.5) is 0 Å². The summed E-state index contributed by atoms with van der Waals surface area (Å²) < 4.78 is 0. The van der Waals surface area contributed by atoms with Crippen molar-refractivity contribution in [3.8, 4) is 0 Å². The minimum atomic E-state index is -0.429. The second-order valence-electron chi connectivity index (χ2n) is 7.43. The van der Waals surface area contributed by atoms with Crippen molar-refractivity contribution in [1.82, 2.24) is 15.6 Å². The molecule has 2 unspecified atom stereocenters. The quantitative estimate of drug-likeness (QED) is 0.915. The van der Waals surface area contributed by atoms with Crippen molar-refractivity contribution in [1.29, 1.82) is 0 Å². The first kappa shape index (κ1) is 14.6. The number of benzene rings is 1. The molecule has 120 valence electrons. The first-order valence-electron chi connectivity index (χ1n) is 8.36. The van der Waals surface area contributed by atoms with Crippen LogP contribution in [0.3, 0.4) is 0 Å². The van der Waals surface area contributed by atoms with Gasteiger partial charge in [-0.2, -0.15) is 0 Å². The lowest BCUT2D eigenvalue weighted by Gasteiger charge is -2.28. The molecule has 1 aromatic carbocycles. The molecule has 1 amide bonds. The average Bonchev–Trinajstić information content (AvgIpc) is 3.01. The normalized spacial score (nSPS) is 26.1. The summed E-state index contributed by atoms with van der Waals surface area (Å²) in [6.45, 7) is 8.13. The SMILES string of the molecule is Cc1ncc(C(C)(C)NC(=O)C2C3CNC[C@@H]32)c2ccccc12. The molecule has 2 aliphatic rings. The Hall–Kier alpha value is -1.94. The fraction of sp³-hybridized carbons (Fsp3) is 0.474. The van der Waals surface area contributed by atoms with Gasteiger partial charge in [0.2, 0.25) is 5.91 Å². The predicted molar refractivity (Wildman–Crippen MR) is 91.0 cm³/mol. The molecule has 3 atom stereocenters. The first-order chi connectivity index (χ1) is 11.0. The molecule has 1 saturated carbocycles. The molecule has 4 rings (SSSR count). The van der Waals surface area contributed by atoms with Gasteiger partial charge in [0.25, 0.3) is 0 Å². The summed E-state index contributed by atoms with van der Waals surface area (Å²) in [4.78, 5) is 17.2. The monoisotopic (exact) mass is 309 g/mol. The Balaban J connectivity index is 1.64. The third-order valence-corrected chi connectivity index (χ3v) is 5.50. The number of carbonyl (C=O) groups excluding carboxylic acids is 1. The Kier molecular flexibility index (Phi) is 3.20. The lowest BCUT2D eigenvalue weighted by atomic mass is 9.90. The standard InChI is InChI=1S/C19H23N3O/c1-11-12-6-4-5-7-13(12)16(10-21-11)19(2,3)22-18(23)17-14-8-20-9-15(14)17/h4-7,10,14-15,17,20H,8-9H2,1-3H3,(H,22,23)/t14-,15?,17?/m0/s1. The number of rotatable bonds is 3. The fourth-order valence-electron chi connectivity index (χ4n) is 4.10. The first-order valence-corrected chi connectivity index (χ1v) is 8.36. The highest BCUT2D eigenvalue weighted by Gasteiger charge is 2.57. The molecule has 4 heteroatoms. The molecule has 0 radical (unpaired) electrons. The van der Waals surface area contributed by atoms with Gasteiger partial charge in [0, 0.05) is 28.8 Å². The Morgan fingerprint density at radius 1 is 1.22 bits per heavy atom. The zero-order valence-electron chi connectivity index (χ0n) is 13.9. The molecule has 23 heavy (non-hydrogen) atoms. The molecule has 2 heterocycles. The Morgan fingerprint density at radius 3 is 2.57 bits per heavy atom. The number of hydrogen-bond acceptors (Lipinski definition) is 3. The minimum Gasteiger partial charge on any atom is -0.347 e. The summed E-state index contributed by atoms with van der Waals surface area (Å²) in [6, 6.07) is 8.28. The average molecular weight is 309 g/mol. The van der Waals surface area contributed by atoms with E-state index >= 15 is 0 Å². The minimum absolute atomic E-state index is 0.191. The summed E-state index contributed by atoms with van der Waals surface area (Å²) >= 11 is 0. The van der Waals surface area contributed by atoms with Gasteiger partial charge in [-0.1, -0.05) is 24.3 Å². The number of carbonyl (C=O) groups is 1. The van der Waals surface area contributed by atoms with Crippen LogP contribution in [0.25, 0.3) is 10.8 Å². The van der Waals surface area contributed by atoms with Crippen LogP contribution in [0.5, 0.6) is 0 Å². The third-order valence-electron chi connectivity index (χ3n) is 5.50. The maximum atomic E-state index is 12.7. The number of fused-ring (bicyclic) bond motifs is 2. The van der Waals surface area contributed by atoms with Gasteiger partial charge in [0.05, 0.1) is 5.54 Å². The van der Waals surface area contributed by atoms with Crippen LogP contribution in [0.2, 0.25) is 0 Å². The van der Waals surface area contributed by atoms with E-state index in [1.165, 1.54) is 5.39 Å². The number of piperidine rings is 1. The second kappa shape index (κ2) is 5.03. The van der Waals surface area contributed by atoms with Crippen LogP contribution in [0.1, 0.15) is 25.1 Å². The third kappa shape index (κ3) is 2.32. The molecule has 1 saturated heterocycles. The van der Waals surface area contributed by atoms with Gasteiger partial charge >= 0.3 is 0 Å². The van der Waals surface area contributed by atoms with Crippen LogP contribution >= 0.6 is 0 Å². The van der Waals surface area contributed by atoms with Crippen LogP contribution in [0.15, 0.2) is 30.5 Å². The molecular weight excluding hydrogens is 286 g/mol. The molecule has 1 aliphatic carbocycles. The van der Waals surface area contributed by atoms with Crippen LogP contribution in [-0.4, -0.2) is 24.0 Å². The van der Waals surface area contributed by atoms with Crippen LogP contribution in [0, 0.1) is 24.7 Å². The number of hydrogen-bond donors (Lipinski definition) is 2. The van der Waals surface area contributed by atoms with Crippen LogP contribution < -0.4 is 10.6 Å². The zero-order chi connectivity index (χ0) is 16.2. The van der Waals surface area contributed by atoms with E-state index < -0.39 is 5.54 Å². The lowest BCUT2D eigenvalue weighted by molar-refractivity contribution is -0.124. The van der Waals surface area contributed by atoms with E-state index in [1.54, 1.807) is 0 Å². The second-order valence-corrected chi connectivity index (χ2v) is 7.43. The highest BCUT2D eigenvalue weighted by molar-refractivity contribution is 5.89. The smallest absolute Gasteiger partial charge is 0.224 e. The van der Waals surface area contributed by atoms with E-state index in [0.29, 0.717) is 11.8 Å². The molecule has 1 aromatic heterocycles. The van der Waals surface area contributed by atoms with Gasteiger partial charge in [-0.05, 0) is 51.1 Å². The molecular formula is C19H23N3O. The molecule has 2 N–H and O–H groups in total. The largest absolute Gasteiger partial charge is 0.347 e. The fourth-order valence-corrected chi connectivity index (χ4v) is 4.10. The van der Waals surface area contributed by atoms with Crippen molar-refractivity contribution in [2.75, 3.05) is 13.1 Å². The topological polar surface area (TPSA) is 54.0 Å². The van der Waals surface area contributed by atoms with Crippen molar-refractivity contribution < 1.29 is 4.79 Å². The molecule has 4 nitrogen and oxygen atoms in total. The number of nitrogens with one attached hydrogen (secondary N) is 2. The number of aryl methyl sites for hydroxylation is 1. The van der Waals surface area contributed by atoms with Gasteiger partial charge in [-0.25, -0.2) is 0 Å². The maximum Gasteiger partial charge on any atom is 0.224 e. The van der Waals surface area contributed by atoms with Crippen molar-refractivity contribution >= 4 is 16.7 Å². The zero-order valence-corrected chi connectivity index (χ0v) is 13.9. The van der Waals surface area contributed by atoms with Crippen molar-refractivity contribution in [3.05, 3.63) is 41.7 Å². The van der Waals surface area contributed by atoms with Crippen molar-refractivity contribution in [3.63, 3.8) is 0 Å². The molecule has 0 spiro atoms. The maximum absolute atomic E-state index is 12.7. The number of nitrogens with zero attached hydrogens (tertiary/aromatic N) is 1. The van der Waals surface area contributed by atoms with E-state index in [1.807, 2.05) is 25.3 Å². The van der Waals surface area contributed by atoms with E-state index in [4.69, 9.17) is 0 Å². The highest BCUT2D eigenvalue weighted by atomic mass is 16.2. The Bertz CT molecular complexity index is 773. The molecule has 1 aliphatic heterocycles. The lowest BCUT2D eigenvalue weighted by Crippen LogP contribution is -2.43. The summed E-state index contributed by atoms with van der Waals surface area (Å²) in [7, 11) is 0. The predicted octanol–water partition coefficient (Wildman–Crippen LogP) is 2.36. The number of aromatic nitrogens is 1. The number of amides is 1. The molecule has 2 fully saturated rings. The van der Waals surface area contributed by atoms with Crippen molar-refractivity contribution in [2.24, 2.45) is 17.8 Å². The van der Waals surface area contributed by atoms with Gasteiger partial charge in [0.1, 0.15) is 0 Å². The van der Waals surface area contributed by atoms with Gasteiger partial charge in [-0.15, -0.1) is 0 Å². The van der Waals surface area contributed by atoms with Crippen LogP contribution in [-0.2, 0) is 10.3 Å². The van der Waals surface area contributed by atoms with Gasteiger partial charge in [-0.3, -0.25) is 9.78 Å². The number of pyridine rings is 1. The Morgan fingerprint density at radius 2 is 1.87 bits per heavy atom. The Labute approximate surface area is 136 Å². The van der Waals surface area contributed by atoms with Gasteiger partial charge in [0.15, 0.2) is 0 Å². The summed E-state index contributed by atoms with van der Waals surface area (Å²) in [6.07, 6.45) is 1.91. The summed E-state index contributed by atoms with van der Waals surface area (Å²) in [5.74, 6) is 1.47. The molecule has 0 bridgehead atoms. The summed E-state index contributed by atoms with van der Waals surface area (Å²) in [5.41, 5.74) is 1.67. The highest BCUT2D eigenvalue weighted by Crippen LogP contribution is 2.49. The van der Waals surface area contributed by atoms with E-state index in [2.05, 4.69) is 41.6 Å².